The van der Waals surface area contributed by atoms with E-state index < -0.39 is 39.5 Å². The van der Waals surface area contributed by atoms with Crippen molar-refractivity contribution in [1.82, 2.24) is 4.72 Å². The lowest BCUT2D eigenvalue weighted by atomic mass is 10.2. The van der Waals surface area contributed by atoms with Crippen molar-refractivity contribution in [1.29, 1.82) is 0 Å². The number of aryl methyl sites for hydroxylation is 1. The number of carbonyl (C=O) groups is 2. The van der Waals surface area contributed by atoms with Gasteiger partial charge in [0.1, 0.15) is 6.54 Å². The molecule has 0 aromatic heterocycles. The second-order valence-corrected chi connectivity index (χ2v) is 8.68. The third-order valence-electron chi connectivity index (χ3n) is 4.03. The third kappa shape index (κ3) is 7.76. The minimum Gasteiger partial charge on any atom is -0.452 e. The van der Waals surface area contributed by atoms with Gasteiger partial charge in [0.2, 0.25) is 10.0 Å². The number of sulfonamides is 1. The van der Waals surface area contributed by atoms with E-state index in [0.29, 0.717) is 5.56 Å². The summed E-state index contributed by atoms with van der Waals surface area (Å²) < 4.78 is 31.0. The number of halogens is 1. The van der Waals surface area contributed by atoms with Gasteiger partial charge < -0.3 is 10.1 Å². The predicted molar refractivity (Wildman–Crippen MR) is 119 cm³/mol. The number of amides is 1. The molecule has 2 aromatic rings. The molecule has 1 atom stereocenters. The zero-order valence-electron chi connectivity index (χ0n) is 17.1. The Morgan fingerprint density at radius 1 is 1.22 bits per heavy atom. The summed E-state index contributed by atoms with van der Waals surface area (Å²) >= 11 is 5.90. The van der Waals surface area contributed by atoms with Gasteiger partial charge in [-0.1, -0.05) is 41.4 Å². The predicted octanol–water partition coefficient (Wildman–Crippen LogP) is 3.02. The minimum atomic E-state index is -3.91. The molecule has 2 aromatic carbocycles. The Bertz CT molecular complexity index is 1150. The lowest BCUT2D eigenvalue weighted by Gasteiger charge is -2.14. The number of ether oxygens (including phenoxy) is 1. The second-order valence-electron chi connectivity index (χ2n) is 6.62. The van der Waals surface area contributed by atoms with Gasteiger partial charge in [-0.15, -0.1) is 0 Å². The van der Waals surface area contributed by atoms with E-state index in [1.807, 2.05) is 19.1 Å². The first-order valence-corrected chi connectivity index (χ1v) is 11.1. The number of benzene rings is 2. The average molecular weight is 482 g/mol. The number of non-ortho nitro benzene ring substituents is 1. The highest BCUT2D eigenvalue weighted by Crippen LogP contribution is 2.26. The SMILES string of the molecule is Cc1ccc(C=CS(=O)(=O)NCC(=O)OC(C)C(=O)Nc2ccc([N+](=O)[O-])cc2Cl)cc1. The summed E-state index contributed by atoms with van der Waals surface area (Å²) in [6, 6.07) is 10.6. The lowest BCUT2D eigenvalue weighted by molar-refractivity contribution is -0.384. The van der Waals surface area contributed by atoms with Crippen LogP contribution in [-0.4, -0.2) is 37.9 Å². The third-order valence-corrected chi connectivity index (χ3v) is 5.39. The Morgan fingerprint density at radius 2 is 1.88 bits per heavy atom. The van der Waals surface area contributed by atoms with E-state index in [1.54, 1.807) is 12.1 Å². The molecule has 0 bridgehead atoms. The fourth-order valence-corrected chi connectivity index (χ4v) is 3.27. The number of nitrogens with one attached hydrogen (secondary N) is 2. The standard InChI is InChI=1S/C20H20ClN3O7S/c1-13-3-5-15(6-4-13)9-10-32(29,30)22-12-19(25)31-14(2)20(26)23-18-8-7-16(24(27)28)11-17(18)21/h3-11,14,22H,12H2,1-2H3,(H,23,26). The number of carbonyl (C=O) groups excluding carboxylic acids is 2. The topological polar surface area (TPSA) is 145 Å². The number of hydrogen-bond donors (Lipinski definition) is 2. The molecule has 32 heavy (non-hydrogen) atoms. The van der Waals surface area contributed by atoms with Gasteiger partial charge in [-0.25, -0.2) is 13.1 Å². The first kappa shape index (κ1) is 25.0. The number of rotatable bonds is 9. The maximum absolute atomic E-state index is 12.2. The highest BCUT2D eigenvalue weighted by molar-refractivity contribution is 7.92. The maximum Gasteiger partial charge on any atom is 0.321 e. The Labute approximate surface area is 189 Å². The van der Waals surface area contributed by atoms with E-state index in [1.165, 1.54) is 19.1 Å². The van der Waals surface area contributed by atoms with Crippen LogP contribution < -0.4 is 10.0 Å². The van der Waals surface area contributed by atoms with Crippen molar-refractivity contribution in [3.05, 3.63) is 74.1 Å². The molecule has 2 rings (SSSR count). The number of nitro groups is 1. The van der Waals surface area contributed by atoms with Gasteiger partial charge in [0, 0.05) is 17.5 Å². The Morgan fingerprint density at radius 3 is 2.47 bits per heavy atom. The van der Waals surface area contributed by atoms with Gasteiger partial charge in [0.25, 0.3) is 11.6 Å². The first-order chi connectivity index (χ1) is 15.0. The van der Waals surface area contributed by atoms with Crippen LogP contribution in [0.4, 0.5) is 11.4 Å². The Kier molecular flexibility index (Phi) is 8.47. The van der Waals surface area contributed by atoms with Crippen LogP contribution in [0.15, 0.2) is 47.9 Å². The summed E-state index contributed by atoms with van der Waals surface area (Å²) in [6.07, 6.45) is 0.0956. The van der Waals surface area contributed by atoms with E-state index in [2.05, 4.69) is 10.0 Å². The first-order valence-electron chi connectivity index (χ1n) is 9.15. The summed E-state index contributed by atoms with van der Waals surface area (Å²) in [5.41, 5.74) is 1.53. The molecule has 0 fully saturated rings. The molecule has 0 radical (unpaired) electrons. The maximum atomic E-state index is 12.2. The molecule has 1 unspecified atom stereocenters. The van der Waals surface area contributed by atoms with Crippen LogP contribution in [0.2, 0.25) is 5.02 Å². The van der Waals surface area contributed by atoms with Crippen LogP contribution in [0.5, 0.6) is 0 Å². The smallest absolute Gasteiger partial charge is 0.321 e. The van der Waals surface area contributed by atoms with Crippen molar-refractivity contribution < 1.29 is 27.7 Å². The van der Waals surface area contributed by atoms with Crippen molar-refractivity contribution in [2.45, 2.75) is 20.0 Å². The zero-order valence-corrected chi connectivity index (χ0v) is 18.6. The minimum absolute atomic E-state index is 0.0702. The van der Waals surface area contributed by atoms with Crippen LogP contribution >= 0.6 is 11.6 Å². The summed E-state index contributed by atoms with van der Waals surface area (Å²) in [4.78, 5) is 34.2. The molecular weight excluding hydrogens is 462 g/mol. The highest BCUT2D eigenvalue weighted by Gasteiger charge is 2.20. The summed E-state index contributed by atoms with van der Waals surface area (Å²) in [5, 5.41) is 13.9. The molecule has 0 aliphatic rings. The van der Waals surface area contributed by atoms with Gasteiger partial charge in [-0.2, -0.15) is 0 Å². The van der Waals surface area contributed by atoms with E-state index in [9.17, 15) is 28.1 Å². The molecule has 170 valence electrons. The number of nitrogens with zero attached hydrogens (tertiary/aromatic N) is 1. The molecule has 0 aliphatic heterocycles. The van der Waals surface area contributed by atoms with Crippen LogP contribution in [0, 0.1) is 17.0 Å². The van der Waals surface area contributed by atoms with Crippen molar-refractivity contribution in [2.24, 2.45) is 0 Å². The van der Waals surface area contributed by atoms with Crippen LogP contribution in [-0.2, 0) is 24.3 Å². The number of esters is 1. The quantitative estimate of drug-likeness (QED) is 0.318. The molecule has 0 heterocycles. The average Bonchev–Trinajstić information content (AvgIpc) is 2.73. The Hall–Kier alpha value is -3.28. The molecule has 0 saturated heterocycles. The van der Waals surface area contributed by atoms with E-state index >= 15 is 0 Å². The van der Waals surface area contributed by atoms with Crippen LogP contribution in [0.25, 0.3) is 6.08 Å². The van der Waals surface area contributed by atoms with Crippen molar-refractivity contribution >= 4 is 51.0 Å². The highest BCUT2D eigenvalue weighted by atomic mass is 35.5. The van der Waals surface area contributed by atoms with Crippen LogP contribution in [0.1, 0.15) is 18.1 Å². The van der Waals surface area contributed by atoms with Gasteiger partial charge in [-0.05, 0) is 31.6 Å². The van der Waals surface area contributed by atoms with Gasteiger partial charge in [0.05, 0.1) is 15.6 Å². The van der Waals surface area contributed by atoms with Gasteiger partial charge >= 0.3 is 5.97 Å². The second kappa shape index (κ2) is 10.8. The normalized spacial score (nSPS) is 12.3. The van der Waals surface area contributed by atoms with Gasteiger partial charge in [0.15, 0.2) is 6.10 Å². The van der Waals surface area contributed by atoms with E-state index in [0.717, 1.165) is 23.1 Å². The van der Waals surface area contributed by atoms with Crippen molar-refractivity contribution in [3.63, 3.8) is 0 Å². The van der Waals surface area contributed by atoms with Crippen LogP contribution in [0.3, 0.4) is 0 Å². The molecule has 1 amide bonds. The summed E-state index contributed by atoms with van der Waals surface area (Å²) in [5.74, 6) is -1.73. The lowest BCUT2D eigenvalue weighted by Crippen LogP contribution is -2.35. The largest absolute Gasteiger partial charge is 0.452 e. The molecule has 12 heteroatoms. The van der Waals surface area contributed by atoms with E-state index in [4.69, 9.17) is 16.3 Å². The molecular formula is C20H20ClN3O7S. The number of nitro benzene ring substituents is 1. The molecule has 10 nitrogen and oxygen atoms in total. The fourth-order valence-electron chi connectivity index (χ4n) is 2.30. The number of hydrogen-bond acceptors (Lipinski definition) is 7. The summed E-state index contributed by atoms with van der Waals surface area (Å²) in [7, 11) is -3.91. The van der Waals surface area contributed by atoms with Crippen molar-refractivity contribution in [3.8, 4) is 0 Å². The molecule has 2 N–H and O–H groups in total. The number of anilines is 1. The van der Waals surface area contributed by atoms with Gasteiger partial charge in [-0.3, -0.25) is 19.7 Å². The Balaban J connectivity index is 1.87. The molecule has 0 aliphatic carbocycles. The summed E-state index contributed by atoms with van der Waals surface area (Å²) in [6.45, 7) is 2.49. The monoisotopic (exact) mass is 481 g/mol. The fraction of sp³-hybridized carbons (Fsp3) is 0.200. The molecule has 0 saturated carbocycles. The molecule has 0 spiro atoms. The zero-order chi connectivity index (χ0) is 23.9. The van der Waals surface area contributed by atoms with E-state index in [-0.39, 0.29) is 16.4 Å². The van der Waals surface area contributed by atoms with Crippen molar-refractivity contribution in [2.75, 3.05) is 11.9 Å².